The third kappa shape index (κ3) is 3.17. The number of carbonyl (C=O) groups is 1. The first kappa shape index (κ1) is 15.9. The number of thiophene rings is 1. The van der Waals surface area contributed by atoms with Crippen LogP contribution in [0.2, 0.25) is 0 Å². The van der Waals surface area contributed by atoms with Gasteiger partial charge in [-0.05, 0) is 41.3 Å². The van der Waals surface area contributed by atoms with Crippen molar-refractivity contribution in [1.82, 2.24) is 0 Å². The molecule has 1 aliphatic heterocycles. The minimum absolute atomic E-state index is 0.0263. The number of benzene rings is 2. The highest BCUT2D eigenvalue weighted by Gasteiger charge is 2.30. The fourth-order valence-corrected chi connectivity index (χ4v) is 3.85. The zero-order valence-electron chi connectivity index (χ0n) is 14.0. The third-order valence-electron chi connectivity index (χ3n) is 4.50. The zero-order valence-corrected chi connectivity index (χ0v) is 14.8. The van der Waals surface area contributed by atoms with E-state index in [2.05, 4.69) is 13.0 Å². The van der Waals surface area contributed by atoms with E-state index in [-0.39, 0.29) is 5.91 Å². The van der Waals surface area contributed by atoms with Crippen molar-refractivity contribution < 1.29 is 9.53 Å². The van der Waals surface area contributed by atoms with Crippen LogP contribution < -0.4 is 9.64 Å². The van der Waals surface area contributed by atoms with Gasteiger partial charge >= 0.3 is 0 Å². The molecule has 1 atom stereocenters. The zero-order chi connectivity index (χ0) is 17.2. The van der Waals surface area contributed by atoms with Crippen LogP contribution in [0.3, 0.4) is 0 Å². The summed E-state index contributed by atoms with van der Waals surface area (Å²) in [5.74, 6) is 1.11. The Kier molecular flexibility index (Phi) is 4.28. The quantitative estimate of drug-likeness (QED) is 0.656. The minimum atomic E-state index is 0.0263. The van der Waals surface area contributed by atoms with Crippen molar-refractivity contribution in [2.45, 2.75) is 19.4 Å². The van der Waals surface area contributed by atoms with E-state index in [0.717, 1.165) is 18.0 Å². The standard InChI is InChI=1S/C21H19NO2S/c1-15-13-22(20-10-3-2-9-19(15)20)21(23)16-6-4-7-17(12-16)24-14-18-8-5-11-25-18/h2-12,15H,13-14H2,1H3/t15-/m1/s1. The van der Waals surface area contributed by atoms with E-state index in [1.807, 2.05) is 64.9 Å². The fraction of sp³-hybridized carbons (Fsp3) is 0.190. The summed E-state index contributed by atoms with van der Waals surface area (Å²) in [6.07, 6.45) is 0. The van der Waals surface area contributed by atoms with Crippen molar-refractivity contribution in [1.29, 1.82) is 0 Å². The molecule has 4 rings (SSSR count). The molecule has 2 heterocycles. The first-order valence-electron chi connectivity index (χ1n) is 8.38. The molecule has 1 aromatic heterocycles. The van der Waals surface area contributed by atoms with Gasteiger partial charge < -0.3 is 9.64 Å². The molecule has 2 aromatic carbocycles. The topological polar surface area (TPSA) is 29.5 Å². The molecule has 0 saturated heterocycles. The molecule has 3 aromatic rings. The molecule has 1 amide bonds. The summed E-state index contributed by atoms with van der Waals surface area (Å²) in [6.45, 7) is 3.41. The van der Waals surface area contributed by atoms with Crippen molar-refractivity contribution in [3.8, 4) is 5.75 Å². The maximum absolute atomic E-state index is 13.0. The SMILES string of the molecule is C[C@@H]1CN(C(=O)c2cccc(OCc3cccs3)c2)c2ccccc21. The van der Waals surface area contributed by atoms with Gasteiger partial charge in [-0.2, -0.15) is 0 Å². The number of rotatable bonds is 4. The second kappa shape index (κ2) is 6.73. The first-order chi connectivity index (χ1) is 12.2. The average Bonchev–Trinajstić information content (AvgIpc) is 3.28. The summed E-state index contributed by atoms with van der Waals surface area (Å²) in [6, 6.07) is 19.7. The average molecular weight is 349 g/mol. The van der Waals surface area contributed by atoms with Crippen LogP contribution >= 0.6 is 11.3 Å². The van der Waals surface area contributed by atoms with Gasteiger partial charge in [-0.15, -0.1) is 11.3 Å². The van der Waals surface area contributed by atoms with Gasteiger partial charge in [-0.25, -0.2) is 0 Å². The molecule has 126 valence electrons. The van der Waals surface area contributed by atoms with Crippen LogP contribution in [0, 0.1) is 0 Å². The summed E-state index contributed by atoms with van der Waals surface area (Å²) in [4.78, 5) is 16.1. The molecule has 4 heteroatoms. The molecule has 0 radical (unpaired) electrons. The number of hydrogen-bond acceptors (Lipinski definition) is 3. The van der Waals surface area contributed by atoms with Crippen molar-refractivity contribution in [3.05, 3.63) is 82.0 Å². The summed E-state index contributed by atoms with van der Waals surface area (Å²) in [7, 11) is 0. The molecule has 0 bridgehead atoms. The Hall–Kier alpha value is -2.59. The largest absolute Gasteiger partial charge is 0.488 e. The summed E-state index contributed by atoms with van der Waals surface area (Å²) in [5.41, 5.74) is 2.92. The maximum Gasteiger partial charge on any atom is 0.258 e. The lowest BCUT2D eigenvalue weighted by atomic mass is 10.0. The van der Waals surface area contributed by atoms with Crippen molar-refractivity contribution in [3.63, 3.8) is 0 Å². The van der Waals surface area contributed by atoms with Gasteiger partial charge in [0, 0.05) is 28.6 Å². The normalized spacial score (nSPS) is 15.9. The molecule has 0 unspecified atom stereocenters. The molecule has 0 N–H and O–H groups in total. The summed E-state index contributed by atoms with van der Waals surface area (Å²) in [5, 5.41) is 2.03. The monoisotopic (exact) mass is 349 g/mol. The molecule has 3 nitrogen and oxygen atoms in total. The van der Waals surface area contributed by atoms with Crippen LogP contribution in [-0.4, -0.2) is 12.5 Å². The van der Waals surface area contributed by atoms with Crippen LogP contribution in [0.5, 0.6) is 5.75 Å². The highest BCUT2D eigenvalue weighted by molar-refractivity contribution is 7.09. The number of amides is 1. The lowest BCUT2D eigenvalue weighted by Crippen LogP contribution is -2.29. The highest BCUT2D eigenvalue weighted by Crippen LogP contribution is 2.36. The number of anilines is 1. The Bertz CT molecular complexity index is 888. The van der Waals surface area contributed by atoms with Crippen molar-refractivity contribution in [2.75, 3.05) is 11.4 Å². The number of para-hydroxylation sites is 1. The van der Waals surface area contributed by atoms with Crippen LogP contribution in [0.15, 0.2) is 66.0 Å². The van der Waals surface area contributed by atoms with E-state index < -0.39 is 0 Å². The third-order valence-corrected chi connectivity index (χ3v) is 5.35. The number of nitrogens with zero attached hydrogens (tertiary/aromatic N) is 1. The number of fused-ring (bicyclic) bond motifs is 1. The van der Waals surface area contributed by atoms with Crippen LogP contribution in [-0.2, 0) is 6.61 Å². The van der Waals surface area contributed by atoms with Crippen molar-refractivity contribution >= 4 is 22.9 Å². The molecule has 1 aliphatic rings. The second-order valence-corrected chi connectivity index (χ2v) is 7.30. The first-order valence-corrected chi connectivity index (χ1v) is 9.26. The number of ether oxygens (including phenoxy) is 1. The van der Waals surface area contributed by atoms with E-state index in [1.165, 1.54) is 10.4 Å². The van der Waals surface area contributed by atoms with E-state index in [0.29, 0.717) is 18.1 Å². The minimum Gasteiger partial charge on any atom is -0.488 e. The van der Waals surface area contributed by atoms with E-state index in [4.69, 9.17) is 4.74 Å². The summed E-state index contributed by atoms with van der Waals surface area (Å²) >= 11 is 1.67. The predicted molar refractivity (Wildman–Crippen MR) is 102 cm³/mol. The van der Waals surface area contributed by atoms with Crippen molar-refractivity contribution in [2.24, 2.45) is 0 Å². The van der Waals surface area contributed by atoms with Gasteiger partial charge in [0.05, 0.1) is 0 Å². The van der Waals surface area contributed by atoms with Gasteiger partial charge in [0.15, 0.2) is 0 Å². The Morgan fingerprint density at radius 2 is 2.04 bits per heavy atom. The Morgan fingerprint density at radius 1 is 1.16 bits per heavy atom. The molecule has 0 spiro atoms. The van der Waals surface area contributed by atoms with E-state index in [9.17, 15) is 4.79 Å². The fourth-order valence-electron chi connectivity index (χ4n) is 3.24. The summed E-state index contributed by atoms with van der Waals surface area (Å²) < 4.78 is 5.83. The highest BCUT2D eigenvalue weighted by atomic mass is 32.1. The van der Waals surface area contributed by atoms with Gasteiger partial charge in [0.25, 0.3) is 5.91 Å². The Balaban J connectivity index is 1.54. The van der Waals surface area contributed by atoms with Crippen LogP contribution in [0.1, 0.15) is 33.6 Å². The Labute approximate surface area is 151 Å². The predicted octanol–water partition coefficient (Wildman–Crippen LogP) is 5.09. The number of hydrogen-bond donors (Lipinski definition) is 0. The van der Waals surface area contributed by atoms with Gasteiger partial charge in [-0.1, -0.05) is 37.3 Å². The smallest absolute Gasteiger partial charge is 0.258 e. The molecule has 25 heavy (non-hydrogen) atoms. The molecule has 0 fully saturated rings. The lowest BCUT2D eigenvalue weighted by molar-refractivity contribution is 0.0988. The van der Waals surface area contributed by atoms with E-state index >= 15 is 0 Å². The molecular formula is C21H19NO2S. The van der Waals surface area contributed by atoms with E-state index in [1.54, 1.807) is 11.3 Å². The van der Waals surface area contributed by atoms with Gasteiger partial charge in [0.2, 0.25) is 0 Å². The maximum atomic E-state index is 13.0. The van der Waals surface area contributed by atoms with Crippen LogP contribution in [0.25, 0.3) is 0 Å². The molecular weight excluding hydrogens is 330 g/mol. The molecule has 0 saturated carbocycles. The van der Waals surface area contributed by atoms with Crippen LogP contribution in [0.4, 0.5) is 5.69 Å². The number of carbonyl (C=O) groups excluding carboxylic acids is 1. The van der Waals surface area contributed by atoms with Gasteiger partial charge in [0.1, 0.15) is 12.4 Å². The Morgan fingerprint density at radius 3 is 2.88 bits per heavy atom. The lowest BCUT2D eigenvalue weighted by Gasteiger charge is -2.18. The molecule has 0 aliphatic carbocycles. The second-order valence-electron chi connectivity index (χ2n) is 6.27. The van der Waals surface area contributed by atoms with Gasteiger partial charge in [-0.3, -0.25) is 4.79 Å².